The molecule has 148 valence electrons. The molecule has 1 aromatic heterocycles. The summed E-state index contributed by atoms with van der Waals surface area (Å²) in [6.45, 7) is 4.29. The van der Waals surface area contributed by atoms with Gasteiger partial charge in [-0.1, -0.05) is 12.1 Å². The smallest absolute Gasteiger partial charge is 0.257 e. The van der Waals surface area contributed by atoms with Crippen molar-refractivity contribution in [2.75, 3.05) is 23.9 Å². The maximum absolute atomic E-state index is 12.6. The number of benzene rings is 2. The number of hydrogen-bond acceptors (Lipinski definition) is 5. The Bertz CT molecular complexity index is 1110. The average Bonchev–Trinajstić information content (AvgIpc) is 3.30. The summed E-state index contributed by atoms with van der Waals surface area (Å²) in [6.07, 6.45) is 0.839. The number of ether oxygens (including phenoxy) is 1. The third kappa shape index (κ3) is 3.73. The van der Waals surface area contributed by atoms with Gasteiger partial charge in [0.15, 0.2) is 5.13 Å². The third-order valence-corrected chi connectivity index (χ3v) is 5.86. The molecule has 1 aliphatic heterocycles. The maximum Gasteiger partial charge on any atom is 0.257 e. The molecule has 29 heavy (non-hydrogen) atoms. The highest BCUT2D eigenvalue weighted by atomic mass is 32.1. The largest absolute Gasteiger partial charge is 0.497 e. The van der Waals surface area contributed by atoms with E-state index in [1.807, 2.05) is 19.1 Å². The van der Waals surface area contributed by atoms with Crippen molar-refractivity contribution in [1.82, 2.24) is 4.98 Å². The number of anilines is 2. The first-order valence-corrected chi connectivity index (χ1v) is 10.1. The molecule has 2 aromatic carbocycles. The summed E-state index contributed by atoms with van der Waals surface area (Å²) in [7, 11) is 1.57. The van der Waals surface area contributed by atoms with E-state index < -0.39 is 0 Å². The number of hydrogen-bond donors (Lipinski definition) is 1. The van der Waals surface area contributed by atoms with Crippen LogP contribution in [0.2, 0.25) is 0 Å². The Morgan fingerprint density at radius 1 is 1.21 bits per heavy atom. The number of aryl methyl sites for hydroxylation is 1. The Hall–Kier alpha value is -3.19. The van der Waals surface area contributed by atoms with E-state index in [1.165, 1.54) is 11.3 Å². The molecule has 2 amide bonds. The van der Waals surface area contributed by atoms with E-state index in [0.29, 0.717) is 23.0 Å². The van der Waals surface area contributed by atoms with Gasteiger partial charge < -0.3 is 9.64 Å². The Morgan fingerprint density at radius 3 is 2.79 bits per heavy atom. The highest BCUT2D eigenvalue weighted by molar-refractivity contribution is 7.16. The topological polar surface area (TPSA) is 71.5 Å². The molecule has 0 atom stereocenters. The zero-order valence-corrected chi connectivity index (χ0v) is 17.3. The SMILES string of the molecule is COc1cccc(C(=O)Nc2nc(-c3ccc4c(c3)CCN4C(C)=O)c(C)s2)c1. The first-order chi connectivity index (χ1) is 14.0. The van der Waals surface area contributed by atoms with Gasteiger partial charge in [0.25, 0.3) is 5.91 Å². The monoisotopic (exact) mass is 407 g/mol. The van der Waals surface area contributed by atoms with Gasteiger partial charge in [-0.25, -0.2) is 4.98 Å². The third-order valence-electron chi connectivity index (χ3n) is 4.98. The van der Waals surface area contributed by atoms with Crippen LogP contribution in [-0.4, -0.2) is 30.5 Å². The van der Waals surface area contributed by atoms with E-state index in [9.17, 15) is 9.59 Å². The van der Waals surface area contributed by atoms with Crippen LogP contribution < -0.4 is 15.0 Å². The van der Waals surface area contributed by atoms with Crippen molar-refractivity contribution in [2.45, 2.75) is 20.3 Å². The van der Waals surface area contributed by atoms with E-state index in [1.54, 1.807) is 43.2 Å². The summed E-state index contributed by atoms with van der Waals surface area (Å²) in [5.74, 6) is 0.463. The molecular weight excluding hydrogens is 386 g/mol. The second-order valence-corrected chi connectivity index (χ2v) is 8.08. The number of thiazole rings is 1. The molecule has 0 spiro atoms. The number of rotatable bonds is 4. The van der Waals surface area contributed by atoms with Gasteiger partial charge in [0.2, 0.25) is 5.91 Å². The first-order valence-electron chi connectivity index (χ1n) is 9.30. The Kier molecular flexibility index (Phi) is 5.07. The van der Waals surface area contributed by atoms with Crippen LogP contribution in [-0.2, 0) is 11.2 Å². The summed E-state index contributed by atoms with van der Waals surface area (Å²) < 4.78 is 5.18. The second kappa shape index (κ2) is 7.67. The normalized spacial score (nSPS) is 12.6. The van der Waals surface area contributed by atoms with Crippen molar-refractivity contribution in [1.29, 1.82) is 0 Å². The number of carbonyl (C=O) groups excluding carboxylic acids is 2. The fourth-order valence-corrected chi connectivity index (χ4v) is 4.36. The van der Waals surface area contributed by atoms with Gasteiger partial charge in [0, 0.05) is 35.2 Å². The molecule has 1 N–H and O–H groups in total. The Labute approximate surface area is 173 Å². The lowest BCUT2D eigenvalue weighted by atomic mass is 10.1. The van der Waals surface area contributed by atoms with E-state index in [0.717, 1.165) is 33.8 Å². The summed E-state index contributed by atoms with van der Waals surface area (Å²) in [5.41, 5.74) is 4.47. The lowest BCUT2D eigenvalue weighted by Crippen LogP contribution is -2.25. The summed E-state index contributed by atoms with van der Waals surface area (Å²) in [5, 5.41) is 3.43. The Balaban J connectivity index is 1.57. The van der Waals surface area contributed by atoms with Crippen LogP contribution in [0, 0.1) is 6.92 Å². The minimum Gasteiger partial charge on any atom is -0.497 e. The number of nitrogens with one attached hydrogen (secondary N) is 1. The molecule has 0 unspecified atom stereocenters. The zero-order chi connectivity index (χ0) is 20.5. The molecule has 0 saturated carbocycles. The van der Waals surface area contributed by atoms with E-state index >= 15 is 0 Å². The number of aromatic nitrogens is 1. The van der Waals surface area contributed by atoms with Crippen molar-refractivity contribution in [3.63, 3.8) is 0 Å². The molecule has 0 bridgehead atoms. The molecule has 7 heteroatoms. The molecule has 0 fully saturated rings. The average molecular weight is 407 g/mol. The van der Waals surface area contributed by atoms with Crippen LogP contribution in [0.15, 0.2) is 42.5 Å². The van der Waals surface area contributed by atoms with Gasteiger partial charge in [-0.3, -0.25) is 14.9 Å². The number of carbonyl (C=O) groups is 2. The number of amides is 2. The van der Waals surface area contributed by atoms with E-state index in [-0.39, 0.29) is 11.8 Å². The van der Waals surface area contributed by atoms with Crippen molar-refractivity contribution >= 4 is 34.0 Å². The van der Waals surface area contributed by atoms with Gasteiger partial charge >= 0.3 is 0 Å². The van der Waals surface area contributed by atoms with Crippen molar-refractivity contribution in [3.05, 3.63) is 58.5 Å². The van der Waals surface area contributed by atoms with Crippen LogP contribution >= 0.6 is 11.3 Å². The highest BCUT2D eigenvalue weighted by Gasteiger charge is 2.23. The van der Waals surface area contributed by atoms with E-state index in [2.05, 4.69) is 16.4 Å². The lowest BCUT2D eigenvalue weighted by Gasteiger charge is -2.14. The highest BCUT2D eigenvalue weighted by Crippen LogP contribution is 2.35. The van der Waals surface area contributed by atoms with Crippen LogP contribution in [0.25, 0.3) is 11.3 Å². The molecular formula is C22H21N3O3S. The maximum atomic E-state index is 12.6. The molecule has 0 radical (unpaired) electrons. The van der Waals surface area contributed by atoms with Crippen LogP contribution in [0.3, 0.4) is 0 Å². The quantitative estimate of drug-likeness (QED) is 0.700. The van der Waals surface area contributed by atoms with Gasteiger partial charge in [0.1, 0.15) is 5.75 Å². The first kappa shape index (κ1) is 19.1. The zero-order valence-electron chi connectivity index (χ0n) is 16.5. The van der Waals surface area contributed by atoms with Gasteiger partial charge in [0.05, 0.1) is 12.8 Å². The fourth-order valence-electron chi connectivity index (χ4n) is 3.53. The van der Waals surface area contributed by atoms with Gasteiger partial charge in [-0.05, 0) is 49.2 Å². The minimum absolute atomic E-state index is 0.0591. The molecule has 6 nitrogen and oxygen atoms in total. The van der Waals surface area contributed by atoms with Crippen LogP contribution in [0.5, 0.6) is 5.75 Å². The number of methoxy groups -OCH3 is 1. The van der Waals surface area contributed by atoms with Crippen molar-refractivity contribution < 1.29 is 14.3 Å². The van der Waals surface area contributed by atoms with Crippen molar-refractivity contribution in [3.8, 4) is 17.0 Å². The predicted octanol–water partition coefficient (Wildman–Crippen LogP) is 4.29. The van der Waals surface area contributed by atoms with Crippen molar-refractivity contribution in [2.24, 2.45) is 0 Å². The van der Waals surface area contributed by atoms with Gasteiger partial charge in [-0.2, -0.15) is 0 Å². The minimum atomic E-state index is -0.227. The lowest BCUT2D eigenvalue weighted by molar-refractivity contribution is -0.116. The molecule has 3 aromatic rings. The summed E-state index contributed by atoms with van der Waals surface area (Å²) >= 11 is 1.44. The molecule has 1 aliphatic rings. The Morgan fingerprint density at radius 2 is 2.03 bits per heavy atom. The molecule has 2 heterocycles. The molecule has 0 aliphatic carbocycles. The summed E-state index contributed by atoms with van der Waals surface area (Å²) in [4.78, 5) is 31.8. The second-order valence-electron chi connectivity index (χ2n) is 6.87. The standard InChI is InChI=1S/C22H21N3O3S/c1-13-20(16-7-8-19-15(11-16)9-10-25(19)14(2)26)23-22(29-13)24-21(27)17-5-4-6-18(12-17)28-3/h4-8,11-12H,9-10H2,1-3H3,(H,23,24,27). The fraction of sp³-hybridized carbons (Fsp3) is 0.227. The molecule has 4 rings (SSSR count). The summed E-state index contributed by atoms with van der Waals surface area (Å²) in [6, 6.07) is 13.1. The number of nitrogens with zero attached hydrogens (tertiary/aromatic N) is 2. The van der Waals surface area contributed by atoms with Crippen LogP contribution in [0.1, 0.15) is 27.7 Å². The predicted molar refractivity (Wildman–Crippen MR) is 115 cm³/mol. The van der Waals surface area contributed by atoms with Gasteiger partial charge in [-0.15, -0.1) is 11.3 Å². The number of fused-ring (bicyclic) bond motifs is 1. The molecule has 0 saturated heterocycles. The van der Waals surface area contributed by atoms with E-state index in [4.69, 9.17) is 4.74 Å². The van der Waals surface area contributed by atoms with Crippen LogP contribution in [0.4, 0.5) is 10.8 Å².